The molecular formula is C27H38O3. The van der Waals surface area contributed by atoms with Gasteiger partial charge in [0, 0.05) is 23.8 Å². The van der Waals surface area contributed by atoms with Crippen molar-refractivity contribution in [3.63, 3.8) is 0 Å². The molecule has 1 N–H and O–H groups in total. The highest BCUT2D eigenvalue weighted by molar-refractivity contribution is 5.96. The van der Waals surface area contributed by atoms with Gasteiger partial charge in [-0.3, -0.25) is 4.79 Å². The molecule has 0 spiro atoms. The van der Waals surface area contributed by atoms with Gasteiger partial charge in [0.15, 0.2) is 5.78 Å². The first kappa shape index (κ1) is 21.5. The summed E-state index contributed by atoms with van der Waals surface area (Å²) in [4.78, 5) is 13.0. The summed E-state index contributed by atoms with van der Waals surface area (Å²) < 4.78 is 6.50. The number of Topliss-reactive ketones (excluding diaryl/α,β-unsaturated/α-hetero) is 1. The third-order valence-corrected chi connectivity index (χ3v) is 8.01. The van der Waals surface area contributed by atoms with Crippen molar-refractivity contribution in [2.24, 2.45) is 11.3 Å². The Morgan fingerprint density at radius 3 is 2.57 bits per heavy atom. The molecule has 30 heavy (non-hydrogen) atoms. The Hall–Kier alpha value is -1.77. The first-order chi connectivity index (χ1) is 14.0. The molecule has 1 aromatic carbocycles. The Morgan fingerprint density at radius 1 is 1.23 bits per heavy atom. The monoisotopic (exact) mass is 410 g/mol. The van der Waals surface area contributed by atoms with E-state index in [2.05, 4.69) is 53.7 Å². The number of ether oxygens (including phenoxy) is 1. The Balaban J connectivity index is 1.69. The van der Waals surface area contributed by atoms with Gasteiger partial charge in [0.1, 0.15) is 17.1 Å². The van der Waals surface area contributed by atoms with Gasteiger partial charge in [-0.2, -0.15) is 0 Å². The molecule has 1 aliphatic heterocycles. The number of phenolic OH excluding ortho intramolecular Hbond substituents is 1. The third kappa shape index (κ3) is 3.81. The molecule has 0 aromatic heterocycles. The van der Waals surface area contributed by atoms with Crippen molar-refractivity contribution in [2.75, 3.05) is 0 Å². The van der Waals surface area contributed by atoms with Crippen molar-refractivity contribution in [3.05, 3.63) is 34.9 Å². The minimum Gasteiger partial charge on any atom is -0.508 e. The molecule has 1 heterocycles. The summed E-state index contributed by atoms with van der Waals surface area (Å²) in [5, 5.41) is 11.1. The van der Waals surface area contributed by atoms with Crippen molar-refractivity contribution in [1.82, 2.24) is 0 Å². The van der Waals surface area contributed by atoms with Crippen LogP contribution in [0.4, 0.5) is 0 Å². The second-order valence-electron chi connectivity index (χ2n) is 11.5. The molecule has 2 atom stereocenters. The van der Waals surface area contributed by atoms with E-state index in [1.165, 1.54) is 12.8 Å². The molecule has 1 fully saturated rings. The quantitative estimate of drug-likeness (QED) is 0.559. The standard InChI is InChI=1S/C27H38O3/c1-7-10-25(2,3)18-14-21(28)24-19-13-17(22(29)16-27(6)11-12-27)8-9-20(19)26(4,5)30-23(24)15-18/h8,14-15,19-20,28H,7,9-13,16H2,1-6H3/t19-,20-/m1/s1. The molecule has 3 aliphatic rings. The molecule has 0 saturated heterocycles. The molecule has 0 unspecified atom stereocenters. The van der Waals surface area contributed by atoms with Crippen LogP contribution >= 0.6 is 0 Å². The summed E-state index contributed by atoms with van der Waals surface area (Å²) in [7, 11) is 0. The summed E-state index contributed by atoms with van der Waals surface area (Å²) >= 11 is 0. The molecule has 164 valence electrons. The number of aromatic hydroxyl groups is 1. The predicted octanol–water partition coefficient (Wildman–Crippen LogP) is 6.82. The van der Waals surface area contributed by atoms with E-state index in [0.717, 1.165) is 41.7 Å². The van der Waals surface area contributed by atoms with Gasteiger partial charge in [-0.15, -0.1) is 0 Å². The fourth-order valence-corrected chi connectivity index (χ4v) is 5.67. The number of phenols is 1. The lowest BCUT2D eigenvalue weighted by Crippen LogP contribution is -2.46. The number of allylic oxidation sites excluding steroid dienone is 2. The second-order valence-corrected chi connectivity index (χ2v) is 11.5. The summed E-state index contributed by atoms with van der Waals surface area (Å²) in [6.45, 7) is 13.2. The van der Waals surface area contributed by atoms with Gasteiger partial charge in [-0.25, -0.2) is 0 Å². The first-order valence-electron chi connectivity index (χ1n) is 11.7. The normalized spacial score (nSPS) is 26.1. The number of hydrogen-bond donors (Lipinski definition) is 1. The van der Waals surface area contributed by atoms with Gasteiger partial charge in [-0.05, 0) is 80.1 Å². The lowest BCUT2D eigenvalue weighted by atomic mass is 9.66. The average molecular weight is 411 g/mol. The number of carbonyl (C=O) groups excluding carboxylic acids is 1. The number of hydrogen-bond acceptors (Lipinski definition) is 3. The molecule has 1 aromatic rings. The smallest absolute Gasteiger partial charge is 0.159 e. The Bertz CT molecular complexity index is 886. The lowest BCUT2D eigenvalue weighted by molar-refractivity contribution is -0.117. The van der Waals surface area contributed by atoms with Crippen LogP contribution < -0.4 is 4.74 Å². The fourth-order valence-electron chi connectivity index (χ4n) is 5.67. The Labute approximate surface area is 181 Å². The van der Waals surface area contributed by atoms with Crippen molar-refractivity contribution < 1.29 is 14.6 Å². The van der Waals surface area contributed by atoms with Crippen LogP contribution in [0.2, 0.25) is 0 Å². The van der Waals surface area contributed by atoms with Gasteiger partial charge in [-0.1, -0.05) is 40.2 Å². The molecule has 3 nitrogen and oxygen atoms in total. The molecule has 0 bridgehead atoms. The fraction of sp³-hybridized carbons (Fsp3) is 0.667. The molecular weight excluding hydrogens is 372 g/mol. The van der Waals surface area contributed by atoms with Crippen molar-refractivity contribution in [2.45, 2.75) is 103 Å². The average Bonchev–Trinajstić information content (AvgIpc) is 3.37. The van der Waals surface area contributed by atoms with Crippen molar-refractivity contribution in [1.29, 1.82) is 0 Å². The number of rotatable bonds is 6. The van der Waals surface area contributed by atoms with Crippen LogP contribution in [-0.4, -0.2) is 16.5 Å². The molecule has 0 radical (unpaired) electrons. The zero-order valence-electron chi connectivity index (χ0n) is 19.6. The Morgan fingerprint density at radius 2 is 1.93 bits per heavy atom. The summed E-state index contributed by atoms with van der Waals surface area (Å²) in [5.74, 6) is 1.84. The van der Waals surface area contributed by atoms with Gasteiger partial charge in [0.25, 0.3) is 0 Å². The molecule has 1 saturated carbocycles. The van der Waals surface area contributed by atoms with Crippen LogP contribution in [0.3, 0.4) is 0 Å². The number of benzene rings is 1. The van der Waals surface area contributed by atoms with Crippen LogP contribution in [0, 0.1) is 11.3 Å². The molecule has 3 heteroatoms. The molecule has 2 aliphatic carbocycles. The minimum atomic E-state index is -0.328. The van der Waals surface area contributed by atoms with Crippen molar-refractivity contribution >= 4 is 5.78 Å². The SMILES string of the molecule is CCCC(C)(C)c1cc(O)c2c(c1)OC(C)(C)[C@@H]1CC=C(C(=O)CC3(C)CC3)C[C@@H]21. The zero-order chi connectivity index (χ0) is 21.9. The van der Waals surface area contributed by atoms with E-state index in [9.17, 15) is 9.90 Å². The van der Waals surface area contributed by atoms with E-state index in [1.807, 2.05) is 6.07 Å². The number of carbonyl (C=O) groups is 1. The Kier molecular flexibility index (Phi) is 5.11. The highest BCUT2D eigenvalue weighted by Gasteiger charge is 2.48. The van der Waals surface area contributed by atoms with E-state index < -0.39 is 0 Å². The maximum atomic E-state index is 13.0. The van der Waals surface area contributed by atoms with E-state index in [4.69, 9.17) is 4.74 Å². The van der Waals surface area contributed by atoms with Crippen LogP contribution in [0.5, 0.6) is 11.5 Å². The van der Waals surface area contributed by atoms with Crippen LogP contribution in [0.25, 0.3) is 0 Å². The second kappa shape index (κ2) is 7.14. The third-order valence-electron chi connectivity index (χ3n) is 8.01. The van der Waals surface area contributed by atoms with Gasteiger partial charge in [0.2, 0.25) is 0 Å². The maximum absolute atomic E-state index is 13.0. The lowest BCUT2D eigenvalue weighted by Gasteiger charge is -2.47. The highest BCUT2D eigenvalue weighted by Crippen LogP contribution is 2.56. The molecule has 4 rings (SSSR count). The number of ketones is 1. The summed E-state index contributed by atoms with van der Waals surface area (Å²) in [6.07, 6.45) is 8.85. The number of fused-ring (bicyclic) bond motifs is 3. The van der Waals surface area contributed by atoms with Crippen LogP contribution in [-0.2, 0) is 10.2 Å². The van der Waals surface area contributed by atoms with Crippen LogP contribution in [0.15, 0.2) is 23.8 Å². The highest BCUT2D eigenvalue weighted by atomic mass is 16.5. The van der Waals surface area contributed by atoms with Gasteiger partial charge < -0.3 is 9.84 Å². The van der Waals surface area contributed by atoms with Gasteiger partial charge in [0.05, 0.1) is 0 Å². The summed E-state index contributed by atoms with van der Waals surface area (Å²) in [6, 6.07) is 4.09. The van der Waals surface area contributed by atoms with Gasteiger partial charge >= 0.3 is 0 Å². The minimum absolute atomic E-state index is 0.0150. The largest absolute Gasteiger partial charge is 0.508 e. The topological polar surface area (TPSA) is 46.5 Å². The zero-order valence-corrected chi connectivity index (χ0v) is 19.6. The first-order valence-corrected chi connectivity index (χ1v) is 11.7. The van der Waals surface area contributed by atoms with E-state index in [-0.39, 0.29) is 28.3 Å². The summed E-state index contributed by atoms with van der Waals surface area (Å²) in [5.41, 5.74) is 2.88. The predicted molar refractivity (Wildman–Crippen MR) is 121 cm³/mol. The van der Waals surface area contributed by atoms with E-state index in [0.29, 0.717) is 24.4 Å². The van der Waals surface area contributed by atoms with E-state index in [1.54, 1.807) is 0 Å². The van der Waals surface area contributed by atoms with E-state index >= 15 is 0 Å². The van der Waals surface area contributed by atoms with Crippen molar-refractivity contribution in [3.8, 4) is 11.5 Å². The van der Waals surface area contributed by atoms with Crippen LogP contribution in [0.1, 0.15) is 104 Å². The molecule has 0 amide bonds. The maximum Gasteiger partial charge on any atom is 0.159 e.